The Kier molecular flexibility index (Phi) is 5.67. The Bertz CT molecular complexity index is 929. The summed E-state index contributed by atoms with van der Waals surface area (Å²) in [5.41, 5.74) is -0.895. The number of hydrogen-bond donors (Lipinski definition) is 0. The summed E-state index contributed by atoms with van der Waals surface area (Å²) in [7, 11) is -3.08. The average Bonchev–Trinajstić information content (AvgIpc) is 3.44. The van der Waals surface area contributed by atoms with Crippen LogP contribution in [0.5, 0.6) is 0 Å². The molecule has 3 heterocycles. The fraction of sp³-hybridized carbons (Fsp3) is 0.684. The molecule has 30 heavy (non-hydrogen) atoms. The summed E-state index contributed by atoms with van der Waals surface area (Å²) in [5.74, 6) is 0.241. The number of hydrogen-bond acceptors (Lipinski definition) is 5. The number of amides is 1. The van der Waals surface area contributed by atoms with E-state index in [-0.39, 0.29) is 46.3 Å². The van der Waals surface area contributed by atoms with E-state index in [1.807, 2.05) is 4.90 Å². The van der Waals surface area contributed by atoms with E-state index in [0.29, 0.717) is 32.4 Å². The highest BCUT2D eigenvalue weighted by Gasteiger charge is 2.44. The van der Waals surface area contributed by atoms with E-state index >= 15 is 0 Å². The van der Waals surface area contributed by atoms with E-state index in [4.69, 9.17) is 11.6 Å². The topological polar surface area (TPSA) is 70.6 Å². The van der Waals surface area contributed by atoms with Crippen molar-refractivity contribution in [2.75, 3.05) is 29.5 Å². The molecule has 4 rings (SSSR count). The van der Waals surface area contributed by atoms with Crippen molar-refractivity contribution >= 4 is 33.2 Å². The molecule has 6 nitrogen and oxygen atoms in total. The largest absolute Gasteiger partial charge is 0.417 e. The number of carbonyl (C=O) groups is 1. The summed E-state index contributed by atoms with van der Waals surface area (Å²) in [6.07, 6.45) is -0.365. The second kappa shape index (κ2) is 7.85. The lowest BCUT2D eigenvalue weighted by Gasteiger charge is -2.37. The first-order chi connectivity index (χ1) is 14.0. The lowest BCUT2D eigenvalue weighted by atomic mass is 9.94. The van der Waals surface area contributed by atoms with Crippen LogP contribution in [-0.4, -0.2) is 60.9 Å². The maximum absolute atomic E-state index is 13.2. The summed E-state index contributed by atoms with van der Waals surface area (Å²) < 4.78 is 62.2. The third-order valence-corrected chi connectivity index (χ3v) is 8.12. The molecule has 1 atom stereocenters. The van der Waals surface area contributed by atoms with E-state index in [1.165, 1.54) is 0 Å². The molecule has 0 N–H and O–H groups in total. The number of anilines is 1. The molecule has 0 bridgehead atoms. The maximum atomic E-state index is 13.2. The van der Waals surface area contributed by atoms with Crippen LogP contribution in [0.25, 0.3) is 0 Å². The Morgan fingerprint density at radius 2 is 1.80 bits per heavy atom. The van der Waals surface area contributed by atoms with E-state index in [1.54, 1.807) is 4.90 Å². The van der Waals surface area contributed by atoms with Gasteiger partial charge in [0, 0.05) is 37.3 Å². The molecule has 3 fully saturated rings. The Labute approximate surface area is 178 Å². The van der Waals surface area contributed by atoms with Gasteiger partial charge in [0.2, 0.25) is 5.91 Å². The van der Waals surface area contributed by atoms with Crippen LogP contribution >= 0.6 is 11.6 Å². The first-order valence-corrected chi connectivity index (χ1v) is 12.3. The molecule has 1 aliphatic carbocycles. The van der Waals surface area contributed by atoms with Crippen LogP contribution in [-0.2, 0) is 20.8 Å². The van der Waals surface area contributed by atoms with Gasteiger partial charge in [0.1, 0.15) is 5.82 Å². The summed E-state index contributed by atoms with van der Waals surface area (Å²) >= 11 is 6.04. The van der Waals surface area contributed by atoms with Gasteiger partial charge in [-0.2, -0.15) is 13.2 Å². The van der Waals surface area contributed by atoms with Crippen LogP contribution in [0.2, 0.25) is 5.02 Å². The van der Waals surface area contributed by atoms with Crippen LogP contribution in [0.1, 0.15) is 37.7 Å². The summed E-state index contributed by atoms with van der Waals surface area (Å²) in [4.78, 5) is 20.7. The van der Waals surface area contributed by atoms with E-state index in [0.717, 1.165) is 25.1 Å². The van der Waals surface area contributed by atoms with Crippen molar-refractivity contribution in [1.29, 1.82) is 0 Å². The minimum atomic E-state index is -4.51. The van der Waals surface area contributed by atoms with Gasteiger partial charge in [-0.05, 0) is 38.2 Å². The normalized spacial score (nSPS) is 24.8. The second-order valence-electron chi connectivity index (χ2n) is 8.32. The van der Waals surface area contributed by atoms with E-state index in [9.17, 15) is 26.4 Å². The van der Waals surface area contributed by atoms with Crippen molar-refractivity contribution < 1.29 is 26.4 Å². The lowest BCUT2D eigenvalue weighted by molar-refractivity contribution is -0.139. The number of piperidine rings is 1. The lowest BCUT2D eigenvalue weighted by Crippen LogP contribution is -2.48. The predicted octanol–water partition coefficient (Wildman–Crippen LogP) is 3.15. The molecule has 1 unspecified atom stereocenters. The molecule has 1 amide bonds. The second-order valence-corrected chi connectivity index (χ2v) is 11.0. The summed E-state index contributed by atoms with van der Waals surface area (Å²) in [6.45, 7) is 0.909. The molecule has 11 heteroatoms. The monoisotopic (exact) mass is 465 g/mol. The van der Waals surface area contributed by atoms with Gasteiger partial charge in [0.05, 0.1) is 22.1 Å². The van der Waals surface area contributed by atoms with Crippen LogP contribution < -0.4 is 4.90 Å². The van der Waals surface area contributed by atoms with Gasteiger partial charge in [-0.1, -0.05) is 11.6 Å². The van der Waals surface area contributed by atoms with Crippen LogP contribution in [0.4, 0.5) is 19.0 Å². The molecule has 2 saturated heterocycles. The molecule has 2 aliphatic heterocycles. The minimum Gasteiger partial charge on any atom is -0.355 e. The van der Waals surface area contributed by atoms with Crippen LogP contribution in [0.3, 0.4) is 0 Å². The highest BCUT2D eigenvalue weighted by molar-refractivity contribution is 7.91. The molecular formula is C19H23ClF3N3O3S. The molecule has 1 aromatic heterocycles. The number of pyridine rings is 1. The third kappa shape index (κ3) is 4.54. The smallest absolute Gasteiger partial charge is 0.355 e. The number of sulfone groups is 1. The molecule has 0 radical (unpaired) electrons. The number of aromatic nitrogens is 1. The zero-order valence-corrected chi connectivity index (χ0v) is 17.8. The molecule has 166 valence electrons. The quantitative estimate of drug-likeness (QED) is 0.683. The van der Waals surface area contributed by atoms with Crippen molar-refractivity contribution in [2.45, 2.75) is 50.4 Å². The number of nitrogens with zero attached hydrogens (tertiary/aromatic N) is 3. The Balaban J connectivity index is 1.41. The number of alkyl halides is 3. The Hall–Kier alpha value is -1.55. The Morgan fingerprint density at radius 1 is 1.13 bits per heavy atom. The van der Waals surface area contributed by atoms with Crippen molar-refractivity contribution in [3.8, 4) is 0 Å². The van der Waals surface area contributed by atoms with Gasteiger partial charge in [-0.25, -0.2) is 13.4 Å². The minimum absolute atomic E-state index is 0.00530. The zero-order chi connectivity index (χ0) is 21.7. The third-order valence-electron chi connectivity index (χ3n) is 6.09. The van der Waals surface area contributed by atoms with Gasteiger partial charge < -0.3 is 9.80 Å². The summed E-state index contributed by atoms with van der Waals surface area (Å²) in [5, 5.41) is -0.0645. The zero-order valence-electron chi connectivity index (χ0n) is 16.2. The maximum Gasteiger partial charge on any atom is 0.417 e. The number of carbonyl (C=O) groups excluding carboxylic acids is 1. The molecular weight excluding hydrogens is 443 g/mol. The molecule has 1 saturated carbocycles. The van der Waals surface area contributed by atoms with E-state index < -0.39 is 21.6 Å². The van der Waals surface area contributed by atoms with Gasteiger partial charge >= 0.3 is 6.18 Å². The van der Waals surface area contributed by atoms with Gasteiger partial charge in [-0.15, -0.1) is 0 Å². The van der Waals surface area contributed by atoms with Crippen molar-refractivity contribution in [3.05, 3.63) is 22.8 Å². The SMILES string of the molecule is O=C(C1CCN(c2ncc(C(F)(F)F)cc2Cl)CC1)N(C1CC1)C1CCS(=O)(=O)C1. The first kappa shape index (κ1) is 21.7. The van der Waals surface area contributed by atoms with Crippen LogP contribution in [0, 0.1) is 5.92 Å². The predicted molar refractivity (Wildman–Crippen MR) is 106 cm³/mol. The van der Waals surface area contributed by atoms with Crippen molar-refractivity contribution in [2.24, 2.45) is 5.92 Å². The summed E-state index contributed by atoms with van der Waals surface area (Å²) in [6, 6.07) is 0.773. The number of rotatable bonds is 4. The van der Waals surface area contributed by atoms with Crippen molar-refractivity contribution in [3.63, 3.8) is 0 Å². The average molecular weight is 466 g/mol. The molecule has 0 spiro atoms. The van der Waals surface area contributed by atoms with Crippen LogP contribution in [0.15, 0.2) is 12.3 Å². The van der Waals surface area contributed by atoms with E-state index in [2.05, 4.69) is 4.98 Å². The van der Waals surface area contributed by atoms with Crippen molar-refractivity contribution in [1.82, 2.24) is 9.88 Å². The molecule has 3 aliphatic rings. The standard InChI is InChI=1S/C19H23ClF3N3O3S/c20-16-9-13(19(21,22)23)10-24-17(16)25-6-3-12(4-7-25)18(27)26(14-1-2-14)15-5-8-30(28,29)11-15/h9-10,12,14-15H,1-8,11H2. The fourth-order valence-corrected chi connectivity index (χ4v) is 6.37. The first-order valence-electron chi connectivity index (χ1n) is 10.1. The number of halogens is 4. The molecule has 1 aromatic rings. The fourth-order valence-electron chi connectivity index (χ4n) is 4.37. The Morgan fingerprint density at radius 3 is 2.30 bits per heavy atom. The highest BCUT2D eigenvalue weighted by Crippen LogP contribution is 2.37. The van der Waals surface area contributed by atoms with Gasteiger partial charge in [0.25, 0.3) is 0 Å². The highest BCUT2D eigenvalue weighted by atomic mass is 35.5. The van der Waals surface area contributed by atoms with Gasteiger partial charge in [0.15, 0.2) is 9.84 Å². The molecule has 0 aromatic carbocycles. The van der Waals surface area contributed by atoms with Gasteiger partial charge in [-0.3, -0.25) is 4.79 Å².